The van der Waals surface area contributed by atoms with Crippen LogP contribution in [-0.4, -0.2) is 28.8 Å². The number of hydrogen-bond acceptors (Lipinski definition) is 6. The Balaban J connectivity index is 3.35. The smallest absolute Gasteiger partial charge is 0.461 e. The molecule has 110 valence electrons. The first-order valence-corrected chi connectivity index (χ1v) is 5.24. The first-order chi connectivity index (χ1) is 9.15. The zero-order chi connectivity index (χ0) is 15.5. The number of hydrogen-bond donors (Lipinski definition) is 0. The molecule has 1 aromatic heterocycles. The summed E-state index contributed by atoms with van der Waals surface area (Å²) < 4.78 is 44.6. The first kappa shape index (κ1) is 15.7. The van der Waals surface area contributed by atoms with E-state index in [1.165, 1.54) is 6.92 Å². The molecule has 20 heavy (non-hydrogen) atoms. The van der Waals surface area contributed by atoms with Crippen LogP contribution in [0.1, 0.15) is 23.0 Å². The summed E-state index contributed by atoms with van der Waals surface area (Å²) in [4.78, 5) is 24.3. The molecule has 0 aliphatic carbocycles. The highest BCUT2D eigenvalue weighted by atomic mass is 19.4. The fourth-order valence-corrected chi connectivity index (χ4v) is 1.35. The van der Waals surface area contributed by atoms with Crippen LogP contribution in [0.5, 0.6) is 5.88 Å². The van der Waals surface area contributed by atoms with Crippen molar-refractivity contribution in [1.29, 1.82) is 0 Å². The highest BCUT2D eigenvalue weighted by molar-refractivity contribution is 5.88. The minimum atomic E-state index is -5.17. The second kappa shape index (κ2) is 5.72. The summed E-state index contributed by atoms with van der Waals surface area (Å²) >= 11 is 0. The molecule has 0 spiro atoms. The molecule has 0 aliphatic heterocycles. The lowest BCUT2D eigenvalue weighted by Crippen LogP contribution is -2.20. The lowest BCUT2D eigenvalue weighted by Gasteiger charge is -2.10. The standard InChI is InChI=1S/C10H9F3N2O5/c1-3-19-9(16)6-4-5(2)7(15(17)18)8(14-6)20-10(11,12)13/h4H,3H2,1-2H3. The van der Waals surface area contributed by atoms with Crippen molar-refractivity contribution in [2.45, 2.75) is 20.2 Å². The topological polar surface area (TPSA) is 91.6 Å². The van der Waals surface area contributed by atoms with E-state index in [-0.39, 0.29) is 12.2 Å². The van der Waals surface area contributed by atoms with Gasteiger partial charge >= 0.3 is 23.9 Å². The van der Waals surface area contributed by atoms with Crippen LogP contribution in [0.4, 0.5) is 18.9 Å². The lowest BCUT2D eigenvalue weighted by atomic mass is 10.2. The Hall–Kier alpha value is -2.39. The molecule has 0 atom stereocenters. The monoisotopic (exact) mass is 294 g/mol. The number of nitrogens with zero attached hydrogens (tertiary/aromatic N) is 2. The zero-order valence-corrected chi connectivity index (χ0v) is 10.4. The van der Waals surface area contributed by atoms with Gasteiger partial charge in [0.15, 0.2) is 5.69 Å². The van der Waals surface area contributed by atoms with Crippen molar-refractivity contribution in [3.63, 3.8) is 0 Å². The highest BCUT2D eigenvalue weighted by Crippen LogP contribution is 2.33. The summed E-state index contributed by atoms with van der Waals surface area (Å²) in [6.07, 6.45) is -5.17. The van der Waals surface area contributed by atoms with Crippen LogP contribution in [0, 0.1) is 17.0 Å². The van der Waals surface area contributed by atoms with Crippen molar-refractivity contribution in [1.82, 2.24) is 4.98 Å². The third-order valence-corrected chi connectivity index (χ3v) is 2.03. The van der Waals surface area contributed by atoms with E-state index in [9.17, 15) is 28.1 Å². The Kier molecular flexibility index (Phi) is 4.48. The third-order valence-electron chi connectivity index (χ3n) is 2.03. The van der Waals surface area contributed by atoms with Crippen LogP contribution >= 0.6 is 0 Å². The maximum Gasteiger partial charge on any atom is 0.574 e. The summed E-state index contributed by atoms with van der Waals surface area (Å²) in [6, 6.07) is 0.958. The van der Waals surface area contributed by atoms with Crippen molar-refractivity contribution in [2.75, 3.05) is 6.61 Å². The minimum absolute atomic E-state index is 0.0218. The second-order valence-electron chi connectivity index (χ2n) is 3.50. The van der Waals surface area contributed by atoms with E-state index < -0.39 is 34.5 Å². The van der Waals surface area contributed by atoms with Crippen molar-refractivity contribution >= 4 is 11.7 Å². The van der Waals surface area contributed by atoms with Crippen LogP contribution in [-0.2, 0) is 4.74 Å². The van der Waals surface area contributed by atoms with Crippen LogP contribution in [0.2, 0.25) is 0 Å². The number of esters is 1. The fraction of sp³-hybridized carbons (Fsp3) is 0.400. The molecule has 1 rings (SSSR count). The van der Waals surface area contributed by atoms with E-state index >= 15 is 0 Å². The van der Waals surface area contributed by atoms with Gasteiger partial charge in [0.25, 0.3) is 0 Å². The summed E-state index contributed by atoms with van der Waals surface area (Å²) in [6.45, 7) is 2.63. The van der Waals surface area contributed by atoms with Crippen LogP contribution < -0.4 is 4.74 Å². The number of aromatic nitrogens is 1. The molecule has 0 fully saturated rings. The van der Waals surface area contributed by atoms with Gasteiger partial charge in [-0.3, -0.25) is 10.1 Å². The Bertz CT molecular complexity index is 544. The number of carbonyl (C=O) groups is 1. The van der Waals surface area contributed by atoms with Gasteiger partial charge < -0.3 is 9.47 Å². The van der Waals surface area contributed by atoms with E-state index in [1.807, 2.05) is 0 Å². The zero-order valence-electron chi connectivity index (χ0n) is 10.4. The van der Waals surface area contributed by atoms with E-state index in [0.29, 0.717) is 0 Å². The average molecular weight is 294 g/mol. The van der Waals surface area contributed by atoms with Crippen LogP contribution in [0.25, 0.3) is 0 Å². The molecule has 0 aliphatic rings. The maximum absolute atomic E-state index is 12.2. The van der Waals surface area contributed by atoms with Crippen LogP contribution in [0.3, 0.4) is 0 Å². The van der Waals surface area contributed by atoms with Gasteiger partial charge in [0, 0.05) is 5.56 Å². The number of pyridine rings is 1. The molecule has 0 radical (unpaired) electrons. The summed E-state index contributed by atoms with van der Waals surface area (Å²) in [7, 11) is 0. The molecule has 7 nitrogen and oxygen atoms in total. The molecule has 0 aromatic carbocycles. The summed E-state index contributed by atoms with van der Waals surface area (Å²) in [5.74, 6) is -2.30. The molecule has 1 heterocycles. The van der Waals surface area contributed by atoms with Crippen molar-refractivity contribution < 1.29 is 32.4 Å². The average Bonchev–Trinajstić information content (AvgIpc) is 2.25. The Morgan fingerprint density at radius 2 is 2.10 bits per heavy atom. The van der Waals surface area contributed by atoms with Gasteiger partial charge in [0.1, 0.15) is 0 Å². The molecular weight excluding hydrogens is 285 g/mol. The van der Waals surface area contributed by atoms with Gasteiger partial charge in [-0.15, -0.1) is 13.2 Å². The summed E-state index contributed by atoms with van der Waals surface area (Å²) in [5.41, 5.74) is -1.67. The third kappa shape index (κ3) is 3.80. The number of halogens is 3. The van der Waals surface area contributed by atoms with Gasteiger partial charge in [0.05, 0.1) is 11.5 Å². The predicted octanol–water partition coefficient (Wildman–Crippen LogP) is 2.37. The number of alkyl halides is 3. The largest absolute Gasteiger partial charge is 0.574 e. The van der Waals surface area contributed by atoms with Gasteiger partial charge in [-0.1, -0.05) is 0 Å². The van der Waals surface area contributed by atoms with Crippen LogP contribution in [0.15, 0.2) is 6.07 Å². The van der Waals surface area contributed by atoms with Gasteiger partial charge in [-0.05, 0) is 19.9 Å². The number of ether oxygens (including phenoxy) is 2. The highest BCUT2D eigenvalue weighted by Gasteiger charge is 2.37. The maximum atomic E-state index is 12.2. The molecule has 0 unspecified atom stereocenters. The number of carbonyl (C=O) groups excluding carboxylic acids is 1. The Morgan fingerprint density at radius 1 is 1.50 bits per heavy atom. The molecule has 1 aromatic rings. The van der Waals surface area contributed by atoms with Gasteiger partial charge in [-0.25, -0.2) is 9.78 Å². The predicted molar refractivity (Wildman–Crippen MR) is 58.3 cm³/mol. The fourth-order valence-electron chi connectivity index (χ4n) is 1.35. The Morgan fingerprint density at radius 3 is 2.55 bits per heavy atom. The normalized spacial score (nSPS) is 11.1. The molecule has 0 saturated carbocycles. The van der Waals surface area contributed by atoms with Crippen molar-refractivity contribution in [2.24, 2.45) is 0 Å². The number of aryl methyl sites for hydroxylation is 1. The molecule has 10 heteroatoms. The number of nitro groups is 1. The van der Waals surface area contributed by atoms with Gasteiger partial charge in [-0.2, -0.15) is 0 Å². The van der Waals surface area contributed by atoms with Crippen molar-refractivity contribution in [3.05, 3.63) is 27.4 Å². The van der Waals surface area contributed by atoms with E-state index in [0.717, 1.165) is 13.0 Å². The molecule has 0 amide bonds. The summed E-state index contributed by atoms with van der Waals surface area (Å²) in [5, 5.41) is 10.7. The van der Waals surface area contributed by atoms with E-state index in [1.54, 1.807) is 0 Å². The Labute approximate surface area is 110 Å². The van der Waals surface area contributed by atoms with Crippen molar-refractivity contribution in [3.8, 4) is 5.88 Å². The van der Waals surface area contributed by atoms with Gasteiger partial charge in [0.2, 0.25) is 0 Å². The minimum Gasteiger partial charge on any atom is -0.461 e. The molecule has 0 bridgehead atoms. The first-order valence-electron chi connectivity index (χ1n) is 5.24. The number of rotatable bonds is 4. The second-order valence-corrected chi connectivity index (χ2v) is 3.50. The lowest BCUT2D eigenvalue weighted by molar-refractivity contribution is -0.389. The molecule has 0 saturated heterocycles. The SMILES string of the molecule is CCOC(=O)c1cc(C)c([N+](=O)[O-])c(OC(F)(F)F)n1. The molecule has 0 N–H and O–H groups in total. The van der Waals surface area contributed by atoms with E-state index in [4.69, 9.17) is 0 Å². The quantitative estimate of drug-likeness (QED) is 0.481. The van der Waals surface area contributed by atoms with E-state index in [2.05, 4.69) is 14.5 Å². The molecular formula is C10H9F3N2O5.